The fourth-order valence-corrected chi connectivity index (χ4v) is 4.43. The molecule has 4 rings (SSSR count). The lowest BCUT2D eigenvalue weighted by molar-refractivity contribution is -0.140. The number of nitrogens with zero attached hydrogens (tertiary/aromatic N) is 2. The van der Waals surface area contributed by atoms with E-state index in [0.29, 0.717) is 30.0 Å². The van der Waals surface area contributed by atoms with Gasteiger partial charge in [0.05, 0.1) is 12.2 Å². The van der Waals surface area contributed by atoms with Crippen LogP contribution in [0.5, 0.6) is 17.2 Å². The van der Waals surface area contributed by atoms with Crippen molar-refractivity contribution < 1.29 is 42.8 Å². The fraction of sp³-hybridized carbons (Fsp3) is 0.290. The second-order valence-electron chi connectivity index (χ2n) is 9.98. The molecule has 1 aromatic heterocycles. The lowest BCUT2D eigenvalue weighted by Gasteiger charge is -2.21. The predicted octanol–water partition coefficient (Wildman–Crippen LogP) is 3.39. The number of aromatic nitrogens is 2. The Bertz CT molecular complexity index is 1510. The molecule has 13 heteroatoms. The third-order valence-corrected chi connectivity index (χ3v) is 6.56. The van der Waals surface area contributed by atoms with Crippen LogP contribution in [-0.2, 0) is 19.1 Å². The number of nitrogens with one attached hydrogen (secondary N) is 1. The summed E-state index contributed by atoms with van der Waals surface area (Å²) in [7, 11) is 0. The van der Waals surface area contributed by atoms with Crippen molar-refractivity contribution in [3.8, 4) is 28.6 Å². The second-order valence-corrected chi connectivity index (χ2v) is 9.98. The summed E-state index contributed by atoms with van der Waals surface area (Å²) >= 11 is 0. The number of aliphatic hydroxyl groups is 2. The first kappa shape index (κ1) is 32.3. The highest BCUT2D eigenvalue weighted by Gasteiger charge is 2.35. The number of alkyl halides is 3. The Morgan fingerprint density at radius 1 is 1.02 bits per heavy atom. The van der Waals surface area contributed by atoms with Crippen LogP contribution in [-0.4, -0.2) is 69.3 Å². The minimum Gasteiger partial charge on any atom is -0.507 e. The average Bonchev–Trinajstić information content (AvgIpc) is 3.42. The molecule has 10 nitrogen and oxygen atoms in total. The number of aromatic hydroxyl groups is 1. The smallest absolute Gasteiger partial charge is 0.434 e. The van der Waals surface area contributed by atoms with Gasteiger partial charge < -0.3 is 40.4 Å². The Labute approximate surface area is 251 Å². The van der Waals surface area contributed by atoms with E-state index in [1.165, 1.54) is 22.8 Å². The number of imidazole rings is 1. The number of carbonyl (C=O) groups excluding carboxylic acids is 1. The Morgan fingerprint density at radius 3 is 2.39 bits per heavy atom. The third-order valence-electron chi connectivity index (χ3n) is 6.56. The number of ether oxygens (including phenoxy) is 2. The molecule has 0 saturated carbocycles. The van der Waals surface area contributed by atoms with E-state index in [1.807, 2.05) is 30.3 Å². The zero-order valence-electron chi connectivity index (χ0n) is 23.6. The van der Waals surface area contributed by atoms with Crippen LogP contribution in [0, 0.1) is 0 Å². The molecule has 0 aliphatic rings. The molecule has 0 spiro atoms. The van der Waals surface area contributed by atoms with E-state index in [2.05, 4.69) is 10.3 Å². The summed E-state index contributed by atoms with van der Waals surface area (Å²) in [5, 5.41) is 32.7. The zero-order valence-corrected chi connectivity index (χ0v) is 23.6. The molecule has 1 heterocycles. The maximum Gasteiger partial charge on any atom is 0.434 e. The molecule has 0 saturated heterocycles. The lowest BCUT2D eigenvalue weighted by Crippen LogP contribution is -2.38. The number of aliphatic hydroxyl groups excluding tert-OH is 2. The molecular formula is C31H33F3N4O6. The maximum atomic E-state index is 13.1. The van der Waals surface area contributed by atoms with E-state index in [9.17, 15) is 33.3 Å². The van der Waals surface area contributed by atoms with Crippen LogP contribution in [0.1, 0.15) is 21.6 Å². The number of hydrogen-bond donors (Lipinski definition) is 5. The maximum absolute atomic E-state index is 13.1. The van der Waals surface area contributed by atoms with E-state index < -0.39 is 30.0 Å². The van der Waals surface area contributed by atoms with Crippen LogP contribution >= 0.6 is 0 Å². The molecule has 2 atom stereocenters. The van der Waals surface area contributed by atoms with Gasteiger partial charge >= 0.3 is 6.18 Å². The van der Waals surface area contributed by atoms with Crippen LogP contribution < -0.4 is 20.5 Å². The van der Waals surface area contributed by atoms with E-state index in [-0.39, 0.29) is 43.4 Å². The van der Waals surface area contributed by atoms with Crippen molar-refractivity contribution in [1.29, 1.82) is 0 Å². The first-order valence-electron chi connectivity index (χ1n) is 13.7. The van der Waals surface area contributed by atoms with E-state index >= 15 is 0 Å². The normalized spacial score (nSPS) is 12.9. The fourth-order valence-electron chi connectivity index (χ4n) is 4.43. The van der Waals surface area contributed by atoms with Gasteiger partial charge in [0, 0.05) is 37.8 Å². The molecule has 4 aromatic rings. The van der Waals surface area contributed by atoms with Crippen molar-refractivity contribution >= 4 is 5.91 Å². The summed E-state index contributed by atoms with van der Waals surface area (Å²) in [6.45, 7) is 0.0335. The summed E-state index contributed by atoms with van der Waals surface area (Å²) < 4.78 is 52.4. The molecule has 0 radical (unpaired) electrons. The van der Waals surface area contributed by atoms with Crippen LogP contribution in [0.4, 0.5) is 13.2 Å². The standard InChI is InChI=1S/C31H33F3N4O6/c32-31(33,34)28-18-38(12-13-39)30(37-28)21-6-8-23(9-7-21)43-19-22(40)16-36-17-25(14-20-4-2-1-3-5-20)44-24-10-11-27(41)26(15-24)29(35)42/h1-11,15,18,22,25,36,39-41H,12-14,16-17,19H2,(H2,35,42). The highest BCUT2D eigenvalue weighted by molar-refractivity contribution is 5.95. The number of carbonyl (C=O) groups is 1. The van der Waals surface area contributed by atoms with Crippen molar-refractivity contribution in [2.45, 2.75) is 31.3 Å². The first-order valence-corrected chi connectivity index (χ1v) is 13.7. The summed E-state index contributed by atoms with van der Waals surface area (Å²) in [5.41, 5.74) is 5.64. The summed E-state index contributed by atoms with van der Waals surface area (Å²) in [6.07, 6.45) is -4.55. The highest BCUT2D eigenvalue weighted by Crippen LogP contribution is 2.31. The van der Waals surface area contributed by atoms with Crippen LogP contribution in [0.15, 0.2) is 79.0 Å². The summed E-state index contributed by atoms with van der Waals surface area (Å²) in [5.74, 6) is -0.226. The molecule has 1 amide bonds. The molecule has 0 fully saturated rings. The molecule has 0 aliphatic carbocycles. The summed E-state index contributed by atoms with van der Waals surface area (Å²) in [4.78, 5) is 15.3. The van der Waals surface area contributed by atoms with Gasteiger partial charge in [-0.1, -0.05) is 30.3 Å². The number of benzene rings is 3. The number of primary amides is 1. The number of amides is 1. The molecular weight excluding hydrogens is 581 g/mol. The van der Waals surface area contributed by atoms with Gasteiger partial charge in [-0.3, -0.25) is 4.79 Å². The van der Waals surface area contributed by atoms with Crippen molar-refractivity contribution in [2.24, 2.45) is 5.73 Å². The third kappa shape index (κ3) is 8.96. The van der Waals surface area contributed by atoms with Gasteiger partial charge in [0.25, 0.3) is 5.91 Å². The van der Waals surface area contributed by atoms with Gasteiger partial charge in [0.1, 0.15) is 41.9 Å². The zero-order chi connectivity index (χ0) is 31.7. The van der Waals surface area contributed by atoms with E-state index in [0.717, 1.165) is 11.8 Å². The van der Waals surface area contributed by atoms with Crippen molar-refractivity contribution in [1.82, 2.24) is 14.9 Å². The molecule has 0 bridgehead atoms. The Morgan fingerprint density at radius 2 is 1.73 bits per heavy atom. The Balaban J connectivity index is 1.32. The molecule has 234 valence electrons. The second kappa shape index (κ2) is 14.7. The number of hydrogen-bond acceptors (Lipinski definition) is 8. The molecule has 44 heavy (non-hydrogen) atoms. The van der Waals surface area contributed by atoms with Gasteiger partial charge in [-0.05, 0) is 48.0 Å². The van der Waals surface area contributed by atoms with Gasteiger partial charge in [-0.25, -0.2) is 4.98 Å². The van der Waals surface area contributed by atoms with Crippen LogP contribution in [0.3, 0.4) is 0 Å². The number of halogens is 3. The molecule has 3 aromatic carbocycles. The number of nitrogens with two attached hydrogens (primary N) is 1. The van der Waals surface area contributed by atoms with E-state index in [4.69, 9.17) is 15.2 Å². The topological polar surface area (TPSA) is 152 Å². The highest BCUT2D eigenvalue weighted by atomic mass is 19.4. The van der Waals surface area contributed by atoms with Crippen molar-refractivity contribution in [3.63, 3.8) is 0 Å². The molecule has 6 N–H and O–H groups in total. The first-order chi connectivity index (χ1) is 21.0. The molecule has 0 aliphatic heterocycles. The Hall–Kier alpha value is -4.59. The largest absolute Gasteiger partial charge is 0.507 e. The lowest BCUT2D eigenvalue weighted by atomic mass is 10.1. The number of rotatable bonds is 15. The van der Waals surface area contributed by atoms with Gasteiger partial charge in [0.15, 0.2) is 5.69 Å². The number of phenols is 1. The van der Waals surface area contributed by atoms with Crippen LogP contribution in [0.2, 0.25) is 0 Å². The quantitative estimate of drug-likeness (QED) is 0.137. The van der Waals surface area contributed by atoms with Crippen LogP contribution in [0.25, 0.3) is 11.4 Å². The van der Waals surface area contributed by atoms with Crippen molar-refractivity contribution in [3.05, 3.63) is 95.8 Å². The van der Waals surface area contributed by atoms with E-state index in [1.54, 1.807) is 24.3 Å². The minimum absolute atomic E-state index is 0.0452. The predicted molar refractivity (Wildman–Crippen MR) is 155 cm³/mol. The van der Waals surface area contributed by atoms with Crippen molar-refractivity contribution in [2.75, 3.05) is 26.3 Å². The van der Waals surface area contributed by atoms with Gasteiger partial charge in [0.2, 0.25) is 0 Å². The Kier molecular flexibility index (Phi) is 10.8. The minimum atomic E-state index is -4.61. The SMILES string of the molecule is NC(=O)c1cc(OC(CNCC(O)COc2ccc(-c3nc(C(F)(F)F)cn3CCO)cc2)Cc2ccccc2)ccc1O. The average molecular weight is 615 g/mol. The van der Waals surface area contributed by atoms with Gasteiger partial charge in [-0.15, -0.1) is 0 Å². The monoisotopic (exact) mass is 614 g/mol. The molecule has 2 unspecified atom stereocenters. The van der Waals surface area contributed by atoms with Gasteiger partial charge in [-0.2, -0.15) is 13.2 Å². The summed E-state index contributed by atoms with van der Waals surface area (Å²) in [6, 6.07) is 20.1.